The highest BCUT2D eigenvalue weighted by Crippen LogP contribution is 2.35. The van der Waals surface area contributed by atoms with Crippen LogP contribution in [0.15, 0.2) is 65.8 Å². The molecule has 0 spiro atoms. The molecule has 10 heteroatoms. The van der Waals surface area contributed by atoms with Gasteiger partial charge in [-0.25, -0.2) is 12.8 Å². The molecule has 1 aromatic heterocycles. The summed E-state index contributed by atoms with van der Waals surface area (Å²) in [5, 5.41) is 8.98. The van der Waals surface area contributed by atoms with E-state index in [-0.39, 0.29) is 43.3 Å². The van der Waals surface area contributed by atoms with E-state index < -0.39 is 27.9 Å². The highest BCUT2D eigenvalue weighted by molar-refractivity contribution is 7.89. The lowest BCUT2D eigenvalue weighted by atomic mass is 9.96. The number of carbonyl (C=O) groups is 2. The standard InChI is InChI=1S/C27H28FN3O5S/c1-18-14-22(28)6-7-25(18)37(35,36)31-13-12-30(26(32)8-9-27(33)34)17-24(31)21-5-3-4-20(15-21)23-10-11-29-16-19(23)2/h3-7,10-11,14-16,24H,8-9,12-13,17H2,1-2H3,(H,33,34). The average Bonchev–Trinajstić information content (AvgIpc) is 2.87. The van der Waals surface area contributed by atoms with E-state index in [0.717, 1.165) is 22.8 Å². The van der Waals surface area contributed by atoms with Gasteiger partial charge in [0.05, 0.1) is 17.4 Å². The van der Waals surface area contributed by atoms with Crippen LogP contribution < -0.4 is 0 Å². The third-order valence-electron chi connectivity index (χ3n) is 6.56. The molecule has 37 heavy (non-hydrogen) atoms. The van der Waals surface area contributed by atoms with Crippen LogP contribution in [0.3, 0.4) is 0 Å². The number of aromatic nitrogens is 1. The molecule has 2 heterocycles. The number of nitrogens with zero attached hydrogens (tertiary/aromatic N) is 3. The molecular formula is C27H28FN3O5S. The minimum Gasteiger partial charge on any atom is -0.481 e. The molecule has 1 atom stereocenters. The number of hydrogen-bond donors (Lipinski definition) is 1. The number of halogens is 1. The van der Waals surface area contributed by atoms with Gasteiger partial charge in [0, 0.05) is 38.4 Å². The zero-order chi connectivity index (χ0) is 26.7. The van der Waals surface area contributed by atoms with Gasteiger partial charge in [0.25, 0.3) is 0 Å². The molecule has 1 aliphatic rings. The fraction of sp³-hybridized carbons (Fsp3) is 0.296. The maximum atomic E-state index is 13.8. The fourth-order valence-corrected chi connectivity index (χ4v) is 6.47. The molecule has 194 valence electrons. The molecular weight excluding hydrogens is 497 g/mol. The molecule has 1 aliphatic heterocycles. The minimum atomic E-state index is -4.04. The van der Waals surface area contributed by atoms with Gasteiger partial charge in [0.2, 0.25) is 15.9 Å². The number of aryl methyl sites for hydroxylation is 2. The average molecular weight is 526 g/mol. The normalized spacial score (nSPS) is 16.5. The second-order valence-corrected chi connectivity index (χ2v) is 10.9. The zero-order valence-corrected chi connectivity index (χ0v) is 21.4. The number of piperazine rings is 1. The number of rotatable bonds is 7. The van der Waals surface area contributed by atoms with Gasteiger partial charge in [0.15, 0.2) is 0 Å². The smallest absolute Gasteiger partial charge is 0.303 e. The molecule has 3 aromatic rings. The summed E-state index contributed by atoms with van der Waals surface area (Å²) in [4.78, 5) is 29.4. The zero-order valence-electron chi connectivity index (χ0n) is 20.6. The third kappa shape index (κ3) is 5.70. The Labute approximate surface area is 215 Å². The second kappa shape index (κ2) is 10.8. The van der Waals surface area contributed by atoms with Crippen molar-refractivity contribution in [1.29, 1.82) is 0 Å². The number of carboxylic acid groups (broad SMARTS) is 1. The Kier molecular flexibility index (Phi) is 7.70. The SMILES string of the molecule is Cc1cnccc1-c1cccc(C2CN(C(=O)CCC(=O)O)CCN2S(=O)(=O)c2ccc(F)cc2C)c1. The molecule has 4 rings (SSSR count). The molecule has 1 fully saturated rings. The Morgan fingerprint density at radius 3 is 2.54 bits per heavy atom. The van der Waals surface area contributed by atoms with Gasteiger partial charge < -0.3 is 10.0 Å². The number of carbonyl (C=O) groups excluding carboxylic acids is 1. The van der Waals surface area contributed by atoms with Crippen LogP contribution in [0.25, 0.3) is 11.1 Å². The molecule has 8 nitrogen and oxygen atoms in total. The summed E-state index contributed by atoms with van der Waals surface area (Å²) in [5.74, 6) is -1.94. The maximum absolute atomic E-state index is 13.8. The van der Waals surface area contributed by atoms with Crippen LogP contribution in [0.2, 0.25) is 0 Å². The molecule has 2 aromatic carbocycles. The third-order valence-corrected chi connectivity index (χ3v) is 8.63. The predicted molar refractivity (Wildman–Crippen MR) is 136 cm³/mol. The van der Waals surface area contributed by atoms with Crippen LogP contribution in [-0.2, 0) is 19.6 Å². The first-order valence-corrected chi connectivity index (χ1v) is 13.3. The number of amides is 1. The predicted octanol–water partition coefficient (Wildman–Crippen LogP) is 3.94. The van der Waals surface area contributed by atoms with E-state index >= 15 is 0 Å². The fourth-order valence-electron chi connectivity index (χ4n) is 4.66. The Balaban J connectivity index is 1.75. The maximum Gasteiger partial charge on any atom is 0.303 e. The summed E-state index contributed by atoms with van der Waals surface area (Å²) in [6.45, 7) is 3.69. The van der Waals surface area contributed by atoms with Crippen LogP contribution in [0.1, 0.15) is 35.6 Å². The quantitative estimate of drug-likeness (QED) is 0.501. The van der Waals surface area contributed by atoms with E-state index in [1.165, 1.54) is 21.3 Å². The van der Waals surface area contributed by atoms with Crippen LogP contribution in [0.5, 0.6) is 0 Å². The largest absolute Gasteiger partial charge is 0.481 e. The van der Waals surface area contributed by atoms with Crippen molar-refractivity contribution in [3.63, 3.8) is 0 Å². The number of hydrogen-bond acceptors (Lipinski definition) is 5. The molecule has 0 radical (unpaired) electrons. The Bertz CT molecular complexity index is 1440. The van der Waals surface area contributed by atoms with E-state index in [9.17, 15) is 22.4 Å². The van der Waals surface area contributed by atoms with Crippen molar-refractivity contribution in [2.75, 3.05) is 19.6 Å². The van der Waals surface area contributed by atoms with E-state index in [4.69, 9.17) is 5.11 Å². The Hall–Kier alpha value is -3.63. The summed E-state index contributed by atoms with van der Waals surface area (Å²) < 4.78 is 42.7. The van der Waals surface area contributed by atoms with Gasteiger partial charge in [-0.1, -0.05) is 18.2 Å². The molecule has 1 saturated heterocycles. The van der Waals surface area contributed by atoms with Crippen LogP contribution in [-0.4, -0.2) is 59.2 Å². The van der Waals surface area contributed by atoms with Crippen LogP contribution >= 0.6 is 0 Å². The first kappa shape index (κ1) is 26.4. The number of carboxylic acids is 1. The lowest BCUT2D eigenvalue weighted by molar-refractivity contribution is -0.141. The number of benzene rings is 2. The van der Waals surface area contributed by atoms with Crippen LogP contribution in [0, 0.1) is 19.7 Å². The van der Waals surface area contributed by atoms with E-state index in [0.29, 0.717) is 11.1 Å². The highest BCUT2D eigenvalue weighted by Gasteiger charge is 2.39. The van der Waals surface area contributed by atoms with Crippen molar-refractivity contribution in [2.45, 2.75) is 37.6 Å². The van der Waals surface area contributed by atoms with Gasteiger partial charge in [-0.15, -0.1) is 0 Å². The summed E-state index contributed by atoms with van der Waals surface area (Å²) in [6, 6.07) is 12.2. The Morgan fingerprint density at radius 2 is 1.84 bits per heavy atom. The van der Waals surface area contributed by atoms with E-state index in [2.05, 4.69) is 4.98 Å². The van der Waals surface area contributed by atoms with Gasteiger partial charge >= 0.3 is 5.97 Å². The van der Waals surface area contributed by atoms with Gasteiger partial charge in [-0.05, 0) is 72.0 Å². The molecule has 0 aliphatic carbocycles. The summed E-state index contributed by atoms with van der Waals surface area (Å²) >= 11 is 0. The van der Waals surface area contributed by atoms with Crippen molar-refractivity contribution in [3.05, 3.63) is 83.4 Å². The van der Waals surface area contributed by atoms with Gasteiger partial charge in [-0.3, -0.25) is 14.6 Å². The van der Waals surface area contributed by atoms with Crippen LogP contribution in [0.4, 0.5) is 4.39 Å². The van der Waals surface area contributed by atoms with Crippen molar-refractivity contribution in [1.82, 2.24) is 14.2 Å². The summed E-state index contributed by atoms with van der Waals surface area (Å²) in [6.07, 6.45) is 2.97. The molecule has 0 saturated carbocycles. The molecule has 1 amide bonds. The summed E-state index contributed by atoms with van der Waals surface area (Å²) in [7, 11) is -4.04. The summed E-state index contributed by atoms with van der Waals surface area (Å²) in [5.41, 5.74) is 3.76. The first-order valence-electron chi connectivity index (χ1n) is 11.9. The number of aliphatic carboxylic acids is 1. The van der Waals surface area contributed by atoms with Crippen molar-refractivity contribution >= 4 is 21.9 Å². The molecule has 0 bridgehead atoms. The lowest BCUT2D eigenvalue weighted by Gasteiger charge is -2.41. The topological polar surface area (TPSA) is 108 Å². The van der Waals surface area contributed by atoms with Gasteiger partial charge in [0.1, 0.15) is 5.82 Å². The Morgan fingerprint density at radius 1 is 1.05 bits per heavy atom. The van der Waals surface area contributed by atoms with Crippen molar-refractivity contribution in [3.8, 4) is 11.1 Å². The molecule has 1 N–H and O–H groups in total. The second-order valence-electron chi connectivity index (χ2n) is 9.09. The monoisotopic (exact) mass is 525 g/mol. The highest BCUT2D eigenvalue weighted by atomic mass is 32.2. The minimum absolute atomic E-state index is 0.00527. The van der Waals surface area contributed by atoms with Crippen molar-refractivity contribution in [2.24, 2.45) is 0 Å². The lowest BCUT2D eigenvalue weighted by Crippen LogP contribution is -2.52. The first-order chi connectivity index (χ1) is 17.6. The number of sulfonamides is 1. The van der Waals surface area contributed by atoms with Crippen molar-refractivity contribution < 1.29 is 27.5 Å². The molecule has 1 unspecified atom stereocenters. The van der Waals surface area contributed by atoms with Gasteiger partial charge in [-0.2, -0.15) is 4.31 Å². The van der Waals surface area contributed by atoms with E-state index in [1.54, 1.807) is 19.3 Å². The number of pyridine rings is 1. The van der Waals surface area contributed by atoms with E-state index in [1.807, 2.05) is 37.3 Å².